The largest absolute Gasteiger partial charge is 0.480 e. The van der Waals surface area contributed by atoms with Crippen LogP contribution in [0.15, 0.2) is 43.1 Å². The van der Waals surface area contributed by atoms with E-state index in [2.05, 4.69) is 9.98 Å². The predicted molar refractivity (Wildman–Crippen MR) is 112 cm³/mol. The quantitative estimate of drug-likeness (QED) is 0.198. The van der Waals surface area contributed by atoms with Crippen LogP contribution in [-0.2, 0) is 22.8 Å². The van der Waals surface area contributed by atoms with E-state index >= 15 is 0 Å². The number of aliphatic carboxylic acids is 2. The van der Waals surface area contributed by atoms with E-state index in [1.807, 2.05) is 0 Å². The smallest absolute Gasteiger partial charge is 0.329 e. The van der Waals surface area contributed by atoms with Gasteiger partial charge < -0.3 is 29.3 Å². The van der Waals surface area contributed by atoms with Crippen LogP contribution >= 0.6 is 21.6 Å². The monoisotopic (exact) mass is 456 g/mol. The van der Waals surface area contributed by atoms with E-state index in [0.29, 0.717) is 23.0 Å². The van der Waals surface area contributed by atoms with Crippen LogP contribution in [0.3, 0.4) is 0 Å². The molecule has 0 bridgehead atoms. The van der Waals surface area contributed by atoms with E-state index in [9.17, 15) is 19.8 Å². The Balaban J connectivity index is 1.84. The van der Waals surface area contributed by atoms with Crippen LogP contribution < -0.4 is 0 Å². The van der Waals surface area contributed by atoms with Crippen LogP contribution in [0.4, 0.5) is 0 Å². The summed E-state index contributed by atoms with van der Waals surface area (Å²) in [7, 11) is 2.33. The van der Waals surface area contributed by atoms with Gasteiger partial charge in [-0.3, -0.25) is 9.98 Å². The van der Waals surface area contributed by atoms with Crippen molar-refractivity contribution in [3.63, 3.8) is 0 Å². The molecule has 2 atom stereocenters. The topological polar surface area (TPSA) is 166 Å². The average molecular weight is 456 g/mol. The molecule has 162 valence electrons. The maximum absolute atomic E-state index is 11.4. The highest BCUT2D eigenvalue weighted by Crippen LogP contribution is 2.25. The third-order valence-electron chi connectivity index (χ3n) is 3.55. The lowest BCUT2D eigenvalue weighted by Gasteiger charge is -2.08. The molecule has 12 heteroatoms. The predicted octanol–water partition coefficient (Wildman–Crippen LogP) is 1.68. The number of hydrogen-bond donors (Lipinski definition) is 4. The lowest BCUT2D eigenvalue weighted by atomic mass is 10.3. The first-order valence-electron chi connectivity index (χ1n) is 8.58. The van der Waals surface area contributed by atoms with Gasteiger partial charge in [-0.05, 0) is 24.3 Å². The first-order valence-corrected chi connectivity index (χ1v) is 11.1. The Morgan fingerprint density at radius 1 is 0.833 bits per heavy atom. The molecule has 0 saturated heterocycles. The maximum atomic E-state index is 11.4. The van der Waals surface area contributed by atoms with Gasteiger partial charge in [0.15, 0.2) is 12.1 Å². The van der Waals surface area contributed by atoms with Crippen molar-refractivity contribution in [3.8, 4) is 0 Å². The molecule has 0 radical (unpaired) electrons. The molecule has 0 aliphatic carbocycles. The highest BCUT2D eigenvalue weighted by atomic mass is 33.1. The number of rotatable bonds is 13. The Kier molecular flexibility index (Phi) is 9.67. The van der Waals surface area contributed by atoms with E-state index in [1.54, 1.807) is 24.3 Å². The minimum absolute atomic E-state index is 0.109. The molecule has 4 N–H and O–H groups in total. The fraction of sp³-hybridized carbons (Fsp3) is 0.333. The zero-order valence-electron chi connectivity index (χ0n) is 15.6. The lowest BCUT2D eigenvalue weighted by molar-refractivity contribution is -0.138. The molecular formula is C18H20N2O8S2. The molecule has 0 saturated carbocycles. The van der Waals surface area contributed by atoms with Gasteiger partial charge in [-0.15, -0.1) is 0 Å². The summed E-state index contributed by atoms with van der Waals surface area (Å²) in [6.45, 7) is -0.531. The van der Waals surface area contributed by atoms with Gasteiger partial charge in [-0.1, -0.05) is 21.6 Å². The Labute approximate surface area is 179 Å². The number of carbonyl (C=O) groups is 2. The molecule has 0 fully saturated rings. The van der Waals surface area contributed by atoms with Crippen molar-refractivity contribution in [2.75, 3.05) is 11.5 Å². The Morgan fingerprint density at radius 2 is 1.23 bits per heavy atom. The molecule has 2 aromatic heterocycles. The molecule has 0 aliphatic rings. The van der Waals surface area contributed by atoms with Crippen molar-refractivity contribution in [1.82, 2.24) is 0 Å². The van der Waals surface area contributed by atoms with Crippen LogP contribution in [0.2, 0.25) is 0 Å². The molecule has 0 aliphatic heterocycles. The van der Waals surface area contributed by atoms with E-state index in [0.717, 1.165) is 0 Å². The zero-order valence-corrected chi connectivity index (χ0v) is 17.2. The van der Waals surface area contributed by atoms with Gasteiger partial charge in [-0.2, -0.15) is 0 Å². The molecule has 2 unspecified atom stereocenters. The minimum atomic E-state index is -1.13. The standard InChI is InChI=1S/C18H20N2O8S2/c21-7-13-3-1-11(27-13)5-19-15(17(23)24)9-29-30-10-16(18(25)26)20-6-12-2-4-14(8-22)28-12/h1-6,15-16,21-22H,7-10H2,(H,23,24)(H,25,26). The second kappa shape index (κ2) is 12.2. The van der Waals surface area contributed by atoms with E-state index in [1.165, 1.54) is 34.0 Å². The third kappa shape index (κ3) is 7.71. The second-order valence-electron chi connectivity index (χ2n) is 5.76. The maximum Gasteiger partial charge on any atom is 0.329 e. The summed E-state index contributed by atoms with van der Waals surface area (Å²) in [5.41, 5.74) is 0. The third-order valence-corrected chi connectivity index (χ3v) is 5.93. The first-order chi connectivity index (χ1) is 14.4. The number of furan rings is 2. The number of aliphatic hydroxyl groups is 2. The average Bonchev–Trinajstić information content (AvgIpc) is 3.37. The summed E-state index contributed by atoms with van der Waals surface area (Å²) >= 11 is 0. The summed E-state index contributed by atoms with van der Waals surface area (Å²) in [5, 5.41) is 36.5. The normalized spacial score (nSPS) is 13.8. The molecule has 10 nitrogen and oxygen atoms in total. The molecule has 2 rings (SSSR count). The Morgan fingerprint density at radius 3 is 1.53 bits per heavy atom. The van der Waals surface area contributed by atoms with Crippen LogP contribution in [0.25, 0.3) is 0 Å². The fourth-order valence-corrected chi connectivity index (χ4v) is 4.26. The summed E-state index contributed by atoms with van der Waals surface area (Å²) in [6, 6.07) is 4.15. The first kappa shape index (κ1) is 23.7. The van der Waals surface area contributed by atoms with Crippen LogP contribution in [-0.4, -0.2) is 68.4 Å². The van der Waals surface area contributed by atoms with Gasteiger partial charge in [0.2, 0.25) is 0 Å². The van der Waals surface area contributed by atoms with Gasteiger partial charge in [0.05, 0.1) is 12.4 Å². The van der Waals surface area contributed by atoms with Gasteiger partial charge in [0.25, 0.3) is 0 Å². The number of carboxylic acids is 2. The van der Waals surface area contributed by atoms with Crippen molar-refractivity contribution in [2.45, 2.75) is 25.3 Å². The summed E-state index contributed by atoms with van der Waals surface area (Å²) in [6.07, 6.45) is 2.55. The van der Waals surface area contributed by atoms with Gasteiger partial charge >= 0.3 is 11.9 Å². The fourth-order valence-electron chi connectivity index (χ4n) is 2.01. The molecule has 0 aromatic carbocycles. The van der Waals surface area contributed by atoms with Gasteiger partial charge in [0.1, 0.15) is 36.3 Å². The number of nitrogens with zero attached hydrogens (tertiary/aromatic N) is 2. The SMILES string of the molecule is O=C(O)C(CSSCC(N=Cc1ccc(CO)o1)C(=O)O)N=Cc1ccc(CO)o1. The number of hydrogen-bond acceptors (Lipinski definition) is 10. The second-order valence-corrected chi connectivity index (χ2v) is 8.31. The summed E-state index contributed by atoms with van der Waals surface area (Å²) in [5.74, 6) is -0.699. The van der Waals surface area contributed by atoms with Crippen molar-refractivity contribution in [3.05, 3.63) is 47.3 Å². The molecule has 2 aromatic rings. The molecular weight excluding hydrogens is 436 g/mol. The van der Waals surface area contributed by atoms with E-state index in [4.69, 9.17) is 19.0 Å². The molecule has 0 amide bonds. The van der Waals surface area contributed by atoms with Crippen molar-refractivity contribution in [2.24, 2.45) is 9.98 Å². The zero-order chi connectivity index (χ0) is 21.9. The highest BCUT2D eigenvalue weighted by molar-refractivity contribution is 8.76. The molecule has 2 heterocycles. The van der Waals surface area contributed by atoms with Crippen LogP contribution in [0.5, 0.6) is 0 Å². The van der Waals surface area contributed by atoms with E-state index in [-0.39, 0.29) is 24.7 Å². The van der Waals surface area contributed by atoms with Gasteiger partial charge in [-0.25, -0.2) is 9.59 Å². The highest BCUT2D eigenvalue weighted by Gasteiger charge is 2.19. The summed E-state index contributed by atoms with van der Waals surface area (Å²) < 4.78 is 10.4. The Bertz CT molecular complexity index is 820. The van der Waals surface area contributed by atoms with Crippen molar-refractivity contribution < 1.29 is 38.8 Å². The minimum Gasteiger partial charge on any atom is -0.480 e. The van der Waals surface area contributed by atoms with Crippen LogP contribution in [0.1, 0.15) is 23.0 Å². The van der Waals surface area contributed by atoms with Crippen LogP contribution in [0, 0.1) is 0 Å². The number of aliphatic imine (C=N–C) groups is 2. The Hall–Kier alpha value is -2.54. The molecule has 0 spiro atoms. The lowest BCUT2D eigenvalue weighted by Crippen LogP contribution is -2.22. The van der Waals surface area contributed by atoms with Crippen molar-refractivity contribution >= 4 is 46.0 Å². The molecule has 30 heavy (non-hydrogen) atoms. The van der Waals surface area contributed by atoms with Gasteiger partial charge in [0, 0.05) is 11.5 Å². The van der Waals surface area contributed by atoms with Crippen molar-refractivity contribution in [1.29, 1.82) is 0 Å². The number of carboxylic acid groups (broad SMARTS) is 2. The number of aliphatic hydroxyl groups excluding tert-OH is 2. The van der Waals surface area contributed by atoms with E-state index < -0.39 is 24.0 Å². The summed E-state index contributed by atoms with van der Waals surface area (Å²) in [4.78, 5) is 30.6.